The van der Waals surface area contributed by atoms with Crippen molar-refractivity contribution in [3.05, 3.63) is 34.9 Å². The van der Waals surface area contributed by atoms with Crippen LogP contribution >= 0.6 is 0 Å². The van der Waals surface area contributed by atoms with Crippen LogP contribution in [-0.4, -0.2) is 33.7 Å². The van der Waals surface area contributed by atoms with E-state index in [1.807, 2.05) is 0 Å². The van der Waals surface area contributed by atoms with Crippen molar-refractivity contribution < 1.29 is 29.3 Å². The highest BCUT2D eigenvalue weighted by Crippen LogP contribution is 2.34. The van der Waals surface area contributed by atoms with Crippen LogP contribution in [-0.2, 0) is 4.74 Å². The highest BCUT2D eigenvalue weighted by Gasteiger charge is 2.35. The number of hydrogen-bond donors (Lipinski definition) is 2. The van der Waals surface area contributed by atoms with E-state index < -0.39 is 23.5 Å². The van der Waals surface area contributed by atoms with Gasteiger partial charge in [0.05, 0.1) is 16.7 Å². The van der Waals surface area contributed by atoms with Crippen LogP contribution in [0.25, 0.3) is 0 Å². The molecular weight excluding hydrogens is 516 g/mol. The van der Waals surface area contributed by atoms with Gasteiger partial charge in [0.15, 0.2) is 0 Å². The Morgan fingerprint density at radius 2 is 0.951 bits per heavy atom. The van der Waals surface area contributed by atoms with E-state index in [1.165, 1.54) is 82.8 Å². The summed E-state index contributed by atoms with van der Waals surface area (Å²) in [5, 5.41) is 19.2. The lowest BCUT2D eigenvalue weighted by Crippen LogP contribution is -2.36. The summed E-state index contributed by atoms with van der Waals surface area (Å²) in [5.41, 5.74) is -1.17. The third-order valence-electron chi connectivity index (χ3n) is 8.23. The zero-order chi connectivity index (χ0) is 30.3. The number of unbranched alkanes of at least 4 members (excludes halogenated alkanes) is 16. The number of ether oxygens (including phenoxy) is 1. The lowest BCUT2D eigenvalue weighted by atomic mass is 9.84. The molecule has 0 saturated heterocycles. The normalized spacial score (nSPS) is 11.5. The molecule has 0 heterocycles. The van der Waals surface area contributed by atoms with Gasteiger partial charge in [-0.25, -0.2) is 14.4 Å². The maximum Gasteiger partial charge on any atom is 0.339 e. The number of carboxylic acid groups (broad SMARTS) is 2. The Hall–Kier alpha value is -2.37. The molecule has 0 aliphatic rings. The number of carboxylic acids is 2. The van der Waals surface area contributed by atoms with E-state index in [4.69, 9.17) is 4.74 Å². The minimum Gasteiger partial charge on any atom is -0.478 e. The first-order chi connectivity index (χ1) is 19.8. The van der Waals surface area contributed by atoms with Gasteiger partial charge in [0, 0.05) is 0 Å². The van der Waals surface area contributed by atoms with Crippen LogP contribution in [0.2, 0.25) is 0 Å². The summed E-state index contributed by atoms with van der Waals surface area (Å²) in [4.78, 5) is 37.2. The SMILES string of the molecule is CCCCCCCCCC(CCCCCCCC)(CCCCCCCC)OC(=O)c1cc(C(=O)O)ccc1C(=O)O. The van der Waals surface area contributed by atoms with Crippen LogP contribution < -0.4 is 0 Å². The van der Waals surface area contributed by atoms with Gasteiger partial charge in [0.25, 0.3) is 0 Å². The smallest absolute Gasteiger partial charge is 0.339 e. The molecule has 0 fully saturated rings. The van der Waals surface area contributed by atoms with Crippen LogP contribution in [0, 0.1) is 0 Å². The van der Waals surface area contributed by atoms with Gasteiger partial charge >= 0.3 is 17.9 Å². The molecule has 0 spiro atoms. The summed E-state index contributed by atoms with van der Waals surface area (Å²) in [7, 11) is 0. The molecule has 0 bridgehead atoms. The standard InChI is InChI=1S/C35H58O6/c1-4-7-10-13-16-19-22-27-35(25-20-17-14-11-8-5-2,26-21-18-15-12-9-6-3)41-34(40)31-28-29(32(36)37)23-24-30(31)33(38)39/h23-24,28H,4-22,25-27H2,1-3H3,(H,36,37)(H,38,39). The number of benzene rings is 1. The number of rotatable bonds is 26. The molecule has 0 radical (unpaired) electrons. The molecule has 0 aliphatic carbocycles. The minimum absolute atomic E-state index is 0.119. The second-order valence-corrected chi connectivity index (χ2v) is 11.9. The number of aromatic carboxylic acids is 2. The fourth-order valence-corrected chi connectivity index (χ4v) is 5.67. The molecule has 6 heteroatoms. The largest absolute Gasteiger partial charge is 0.478 e. The van der Waals surface area contributed by atoms with Crippen molar-refractivity contribution in [2.75, 3.05) is 0 Å². The topological polar surface area (TPSA) is 101 Å². The van der Waals surface area contributed by atoms with E-state index in [-0.39, 0.29) is 16.7 Å². The van der Waals surface area contributed by atoms with Crippen molar-refractivity contribution in [1.29, 1.82) is 0 Å². The van der Waals surface area contributed by atoms with E-state index >= 15 is 0 Å². The Morgan fingerprint density at radius 3 is 1.32 bits per heavy atom. The Balaban J connectivity index is 3.16. The van der Waals surface area contributed by atoms with Crippen molar-refractivity contribution in [2.45, 2.75) is 168 Å². The molecule has 0 atom stereocenters. The molecule has 0 unspecified atom stereocenters. The predicted molar refractivity (Wildman–Crippen MR) is 167 cm³/mol. The van der Waals surface area contributed by atoms with Gasteiger partial charge in [-0.2, -0.15) is 0 Å². The molecular formula is C35H58O6. The van der Waals surface area contributed by atoms with E-state index in [0.717, 1.165) is 76.7 Å². The molecule has 0 aliphatic heterocycles. The van der Waals surface area contributed by atoms with Crippen molar-refractivity contribution in [1.82, 2.24) is 0 Å². The van der Waals surface area contributed by atoms with Crippen LogP contribution in [0.1, 0.15) is 193 Å². The summed E-state index contributed by atoms with van der Waals surface area (Å²) >= 11 is 0. The molecule has 6 nitrogen and oxygen atoms in total. The van der Waals surface area contributed by atoms with Gasteiger partial charge in [0.2, 0.25) is 0 Å². The van der Waals surface area contributed by atoms with Crippen LogP contribution in [0.3, 0.4) is 0 Å². The highest BCUT2D eigenvalue weighted by atomic mass is 16.6. The molecule has 0 aromatic heterocycles. The summed E-state index contributed by atoms with van der Waals surface area (Å²) in [5.74, 6) is -3.19. The molecule has 0 amide bonds. The monoisotopic (exact) mass is 574 g/mol. The first-order valence-electron chi connectivity index (χ1n) is 16.6. The zero-order valence-corrected chi connectivity index (χ0v) is 26.3. The van der Waals surface area contributed by atoms with Crippen molar-refractivity contribution in [2.24, 2.45) is 0 Å². The third-order valence-corrected chi connectivity index (χ3v) is 8.23. The lowest BCUT2D eigenvalue weighted by Gasteiger charge is -2.35. The van der Waals surface area contributed by atoms with Gasteiger partial charge in [-0.3, -0.25) is 0 Å². The fraction of sp³-hybridized carbons (Fsp3) is 0.743. The van der Waals surface area contributed by atoms with Crippen molar-refractivity contribution >= 4 is 17.9 Å². The zero-order valence-electron chi connectivity index (χ0n) is 26.3. The summed E-state index contributed by atoms with van der Waals surface area (Å²) < 4.78 is 6.36. The van der Waals surface area contributed by atoms with E-state index in [1.54, 1.807) is 0 Å². The van der Waals surface area contributed by atoms with Gasteiger partial charge in [-0.05, 0) is 56.7 Å². The van der Waals surface area contributed by atoms with Gasteiger partial charge < -0.3 is 14.9 Å². The summed E-state index contributed by atoms with van der Waals surface area (Å²) in [6.07, 6.45) is 24.2. The van der Waals surface area contributed by atoms with E-state index in [9.17, 15) is 24.6 Å². The second kappa shape index (κ2) is 22.3. The highest BCUT2D eigenvalue weighted by molar-refractivity contribution is 6.04. The average Bonchev–Trinajstić information content (AvgIpc) is 2.95. The molecule has 0 saturated carbocycles. The number of carbonyl (C=O) groups is 3. The lowest BCUT2D eigenvalue weighted by molar-refractivity contribution is -0.0362. The van der Waals surface area contributed by atoms with Crippen LogP contribution in [0.15, 0.2) is 18.2 Å². The minimum atomic E-state index is -1.27. The number of carbonyl (C=O) groups excluding carboxylic acids is 1. The molecule has 234 valence electrons. The van der Waals surface area contributed by atoms with E-state index in [0.29, 0.717) is 0 Å². The average molecular weight is 575 g/mol. The Bertz CT molecular complexity index is 861. The Labute approximate surface area is 249 Å². The summed E-state index contributed by atoms with van der Waals surface area (Å²) in [6.45, 7) is 6.63. The van der Waals surface area contributed by atoms with Crippen molar-refractivity contribution in [3.63, 3.8) is 0 Å². The first-order valence-corrected chi connectivity index (χ1v) is 16.6. The van der Waals surface area contributed by atoms with Gasteiger partial charge in [0.1, 0.15) is 5.60 Å². The van der Waals surface area contributed by atoms with Crippen LogP contribution in [0.4, 0.5) is 0 Å². The maximum absolute atomic E-state index is 13.6. The number of esters is 1. The first kappa shape index (κ1) is 36.7. The van der Waals surface area contributed by atoms with Gasteiger partial charge in [-0.15, -0.1) is 0 Å². The number of hydrogen-bond acceptors (Lipinski definition) is 4. The Morgan fingerprint density at radius 1 is 0.561 bits per heavy atom. The second-order valence-electron chi connectivity index (χ2n) is 11.9. The quantitative estimate of drug-likeness (QED) is 0.0843. The van der Waals surface area contributed by atoms with E-state index in [2.05, 4.69) is 20.8 Å². The van der Waals surface area contributed by atoms with Gasteiger partial charge in [-0.1, -0.05) is 124 Å². The summed E-state index contributed by atoms with van der Waals surface area (Å²) in [6, 6.07) is 3.57. The molecule has 1 aromatic rings. The maximum atomic E-state index is 13.6. The fourth-order valence-electron chi connectivity index (χ4n) is 5.67. The molecule has 1 aromatic carbocycles. The predicted octanol–water partition coefficient (Wildman–Crippen LogP) is 10.6. The Kier molecular flexibility index (Phi) is 19.9. The third kappa shape index (κ3) is 15.4. The molecule has 2 N–H and O–H groups in total. The van der Waals surface area contributed by atoms with Crippen molar-refractivity contribution in [3.8, 4) is 0 Å². The molecule has 1 rings (SSSR count). The van der Waals surface area contributed by atoms with Crippen LogP contribution in [0.5, 0.6) is 0 Å². The molecule has 41 heavy (non-hydrogen) atoms.